The van der Waals surface area contributed by atoms with Gasteiger partial charge in [0.05, 0.1) is 4.90 Å². The summed E-state index contributed by atoms with van der Waals surface area (Å²) in [4.78, 5) is 0.372. The standard InChI is InChI=1S/C16H24N2O2S/c1-9-8-10(2)16(11(3)14(9)17)21(19,20)18-15(12-4-5-12)13-6-7-13/h8,12-13,15,18H,4-7,17H2,1-3H3. The molecule has 0 aromatic heterocycles. The first kappa shape index (κ1) is 14.9. The van der Waals surface area contributed by atoms with Crippen molar-refractivity contribution in [3.8, 4) is 0 Å². The molecule has 0 aliphatic heterocycles. The zero-order chi connectivity index (χ0) is 15.4. The van der Waals surface area contributed by atoms with Gasteiger partial charge in [0.25, 0.3) is 0 Å². The SMILES string of the molecule is Cc1cc(C)c(S(=O)(=O)NC(C2CC2)C2CC2)c(C)c1N. The Balaban J connectivity index is 1.96. The minimum absolute atomic E-state index is 0.122. The average Bonchev–Trinajstić information content (AvgIpc) is 3.26. The van der Waals surface area contributed by atoms with Gasteiger partial charge in [-0.05, 0) is 75.0 Å². The molecule has 4 nitrogen and oxygen atoms in total. The molecule has 0 atom stereocenters. The van der Waals surface area contributed by atoms with Crippen molar-refractivity contribution in [1.29, 1.82) is 0 Å². The average molecular weight is 308 g/mol. The predicted molar refractivity (Wildman–Crippen MR) is 84.6 cm³/mol. The Labute approximate surface area is 127 Å². The summed E-state index contributed by atoms with van der Waals surface area (Å²) in [7, 11) is -3.50. The molecule has 0 bridgehead atoms. The first-order chi connectivity index (χ1) is 9.81. The molecule has 21 heavy (non-hydrogen) atoms. The highest BCUT2D eigenvalue weighted by atomic mass is 32.2. The molecule has 1 aromatic rings. The van der Waals surface area contributed by atoms with Gasteiger partial charge in [0.2, 0.25) is 10.0 Å². The van der Waals surface area contributed by atoms with Crippen molar-refractivity contribution in [2.24, 2.45) is 11.8 Å². The van der Waals surface area contributed by atoms with Crippen LogP contribution in [0.25, 0.3) is 0 Å². The van der Waals surface area contributed by atoms with E-state index < -0.39 is 10.0 Å². The van der Waals surface area contributed by atoms with Crippen LogP contribution in [-0.4, -0.2) is 14.5 Å². The quantitative estimate of drug-likeness (QED) is 0.821. The predicted octanol–water partition coefficient (Wildman–Crippen LogP) is 2.66. The molecule has 0 unspecified atom stereocenters. The van der Waals surface area contributed by atoms with Crippen LogP contribution in [0.2, 0.25) is 0 Å². The van der Waals surface area contributed by atoms with Crippen molar-refractivity contribution in [3.63, 3.8) is 0 Å². The molecular weight excluding hydrogens is 284 g/mol. The van der Waals surface area contributed by atoms with Crippen LogP contribution in [-0.2, 0) is 10.0 Å². The second-order valence-electron chi connectivity index (χ2n) is 6.70. The van der Waals surface area contributed by atoms with Crippen LogP contribution in [0.5, 0.6) is 0 Å². The second-order valence-corrected chi connectivity index (χ2v) is 8.35. The maximum Gasteiger partial charge on any atom is 0.241 e. The number of rotatable bonds is 5. The summed E-state index contributed by atoms with van der Waals surface area (Å²) in [5, 5.41) is 0. The van der Waals surface area contributed by atoms with E-state index in [-0.39, 0.29) is 6.04 Å². The molecule has 1 aromatic carbocycles. The number of hydrogen-bond donors (Lipinski definition) is 2. The van der Waals surface area contributed by atoms with Crippen LogP contribution in [0.1, 0.15) is 42.4 Å². The van der Waals surface area contributed by atoms with E-state index in [0.29, 0.717) is 28.0 Å². The smallest absolute Gasteiger partial charge is 0.241 e. The van der Waals surface area contributed by atoms with Crippen LogP contribution in [0.4, 0.5) is 5.69 Å². The first-order valence-corrected chi connectivity index (χ1v) is 9.18. The maximum absolute atomic E-state index is 12.8. The van der Waals surface area contributed by atoms with E-state index in [1.54, 1.807) is 6.92 Å². The van der Waals surface area contributed by atoms with Gasteiger partial charge in [0.15, 0.2) is 0 Å². The highest BCUT2D eigenvalue weighted by molar-refractivity contribution is 7.89. The Kier molecular flexibility index (Phi) is 3.53. The minimum atomic E-state index is -3.50. The third-order valence-electron chi connectivity index (χ3n) is 4.78. The highest BCUT2D eigenvalue weighted by Gasteiger charge is 2.43. The van der Waals surface area contributed by atoms with E-state index in [2.05, 4.69) is 4.72 Å². The zero-order valence-corrected chi connectivity index (χ0v) is 13.8. The Morgan fingerprint density at radius 2 is 1.62 bits per heavy atom. The number of hydrogen-bond acceptors (Lipinski definition) is 3. The van der Waals surface area contributed by atoms with E-state index >= 15 is 0 Å². The maximum atomic E-state index is 12.8. The molecule has 5 heteroatoms. The van der Waals surface area contributed by atoms with E-state index in [1.165, 1.54) is 0 Å². The summed E-state index contributed by atoms with van der Waals surface area (Å²) in [5.74, 6) is 1.08. The molecule has 0 heterocycles. The fourth-order valence-corrected chi connectivity index (χ4v) is 5.18. The van der Waals surface area contributed by atoms with Gasteiger partial charge < -0.3 is 5.73 Å². The van der Waals surface area contributed by atoms with E-state index in [0.717, 1.165) is 36.8 Å². The van der Waals surface area contributed by atoms with Crippen LogP contribution in [0.15, 0.2) is 11.0 Å². The number of aryl methyl sites for hydroxylation is 2. The Hall–Kier alpha value is -1.07. The number of nitrogen functional groups attached to an aromatic ring is 1. The van der Waals surface area contributed by atoms with Crippen LogP contribution < -0.4 is 10.5 Å². The van der Waals surface area contributed by atoms with Gasteiger partial charge >= 0.3 is 0 Å². The van der Waals surface area contributed by atoms with Crippen molar-refractivity contribution in [2.45, 2.75) is 57.4 Å². The monoisotopic (exact) mass is 308 g/mol. The van der Waals surface area contributed by atoms with Gasteiger partial charge in [-0.2, -0.15) is 0 Å². The molecule has 0 saturated heterocycles. The molecule has 3 rings (SSSR count). The summed E-state index contributed by atoms with van der Waals surface area (Å²) in [6.07, 6.45) is 4.60. The summed E-state index contributed by atoms with van der Waals surface area (Å²) in [6, 6.07) is 1.98. The second kappa shape index (κ2) is 4.99. The molecule has 2 saturated carbocycles. The van der Waals surface area contributed by atoms with E-state index in [1.807, 2.05) is 19.9 Å². The van der Waals surface area contributed by atoms with Gasteiger partial charge in [0.1, 0.15) is 0 Å². The lowest BCUT2D eigenvalue weighted by atomic mass is 10.1. The molecule has 0 radical (unpaired) electrons. The van der Waals surface area contributed by atoms with Crippen molar-refractivity contribution in [1.82, 2.24) is 4.72 Å². The largest absolute Gasteiger partial charge is 0.398 e. The Morgan fingerprint density at radius 1 is 1.10 bits per heavy atom. The number of anilines is 1. The molecule has 0 amide bonds. The van der Waals surface area contributed by atoms with Crippen LogP contribution >= 0.6 is 0 Å². The van der Waals surface area contributed by atoms with Crippen molar-refractivity contribution >= 4 is 15.7 Å². The lowest BCUT2D eigenvalue weighted by Gasteiger charge is -2.21. The molecule has 2 fully saturated rings. The summed E-state index contributed by atoms with van der Waals surface area (Å²) >= 11 is 0. The van der Waals surface area contributed by atoms with Gasteiger partial charge in [-0.15, -0.1) is 0 Å². The first-order valence-electron chi connectivity index (χ1n) is 7.70. The molecule has 116 valence electrons. The summed E-state index contributed by atoms with van der Waals surface area (Å²) < 4.78 is 28.7. The molecule has 2 aliphatic rings. The topological polar surface area (TPSA) is 72.2 Å². The van der Waals surface area contributed by atoms with Gasteiger partial charge in [-0.3, -0.25) is 0 Å². The fourth-order valence-electron chi connectivity index (χ4n) is 3.32. The van der Waals surface area contributed by atoms with Gasteiger partial charge in [-0.25, -0.2) is 13.1 Å². The fraction of sp³-hybridized carbons (Fsp3) is 0.625. The molecule has 3 N–H and O–H groups in total. The lowest BCUT2D eigenvalue weighted by Crippen LogP contribution is -2.38. The van der Waals surface area contributed by atoms with Gasteiger partial charge in [0, 0.05) is 11.7 Å². The third-order valence-corrected chi connectivity index (χ3v) is 6.53. The number of benzene rings is 1. The number of sulfonamides is 1. The van der Waals surface area contributed by atoms with E-state index in [9.17, 15) is 8.42 Å². The van der Waals surface area contributed by atoms with Crippen molar-refractivity contribution in [2.75, 3.05) is 5.73 Å². The van der Waals surface area contributed by atoms with Crippen molar-refractivity contribution in [3.05, 3.63) is 22.8 Å². The normalized spacial score (nSPS) is 19.2. The van der Waals surface area contributed by atoms with Crippen LogP contribution in [0, 0.1) is 32.6 Å². The lowest BCUT2D eigenvalue weighted by molar-refractivity contribution is 0.471. The minimum Gasteiger partial charge on any atom is -0.398 e. The van der Waals surface area contributed by atoms with Gasteiger partial charge in [-0.1, -0.05) is 6.07 Å². The molecular formula is C16H24N2O2S. The Morgan fingerprint density at radius 3 is 2.10 bits per heavy atom. The zero-order valence-electron chi connectivity index (χ0n) is 12.9. The number of nitrogens with two attached hydrogens (primary N) is 1. The molecule has 2 aliphatic carbocycles. The van der Waals surface area contributed by atoms with Crippen molar-refractivity contribution < 1.29 is 8.42 Å². The number of nitrogens with one attached hydrogen (secondary N) is 1. The Bertz CT molecular complexity index is 662. The molecule has 0 spiro atoms. The van der Waals surface area contributed by atoms with Crippen LogP contribution in [0.3, 0.4) is 0 Å². The summed E-state index contributed by atoms with van der Waals surface area (Å²) in [6.45, 7) is 5.56. The summed E-state index contributed by atoms with van der Waals surface area (Å²) in [5.41, 5.74) is 8.99. The van der Waals surface area contributed by atoms with E-state index in [4.69, 9.17) is 5.73 Å². The highest BCUT2D eigenvalue weighted by Crippen LogP contribution is 2.45. The third kappa shape index (κ3) is 2.81.